The van der Waals surface area contributed by atoms with Crippen LogP contribution in [-0.2, 0) is 6.42 Å². The molecule has 0 aliphatic rings. The molecule has 2 heteroatoms. The number of nitrogens with zero attached hydrogens (tertiary/aromatic N) is 1. The zero-order chi connectivity index (χ0) is 10.2. The summed E-state index contributed by atoms with van der Waals surface area (Å²) in [4.78, 5) is 4.06. The van der Waals surface area contributed by atoms with Crippen LogP contribution in [0.1, 0.15) is 31.2 Å². The first-order valence-corrected chi connectivity index (χ1v) is 5.15. The summed E-state index contributed by atoms with van der Waals surface area (Å²) in [6, 6.07) is 3.99. The van der Waals surface area contributed by atoms with Gasteiger partial charge in [0.1, 0.15) is 5.82 Å². The lowest BCUT2D eigenvalue weighted by atomic mass is 10.1. The molecule has 0 unspecified atom stereocenters. The van der Waals surface area contributed by atoms with Crippen molar-refractivity contribution in [3.05, 3.63) is 36.5 Å². The van der Waals surface area contributed by atoms with Crippen LogP contribution in [0.15, 0.2) is 31.0 Å². The summed E-state index contributed by atoms with van der Waals surface area (Å²) in [6.45, 7) is 3.70. The molecule has 76 valence electrons. The van der Waals surface area contributed by atoms with E-state index in [4.69, 9.17) is 5.73 Å². The van der Waals surface area contributed by atoms with Crippen LogP contribution in [0, 0.1) is 0 Å². The Morgan fingerprint density at radius 3 is 2.93 bits per heavy atom. The third kappa shape index (κ3) is 3.60. The standard InChI is InChI=1S/C12H18N2/c1-2-3-4-5-6-8-11-9-7-10-14-12(11)13/h2,7,9-10H,1,3-6,8H2,(H2,13,14). The number of pyridine rings is 1. The molecule has 2 nitrogen and oxygen atoms in total. The smallest absolute Gasteiger partial charge is 0.126 e. The summed E-state index contributed by atoms with van der Waals surface area (Å²) in [5, 5.41) is 0. The molecular formula is C12H18N2. The van der Waals surface area contributed by atoms with E-state index in [0.29, 0.717) is 5.82 Å². The third-order valence-corrected chi connectivity index (χ3v) is 2.28. The maximum Gasteiger partial charge on any atom is 0.126 e. The highest BCUT2D eigenvalue weighted by molar-refractivity contribution is 5.38. The number of hydrogen-bond acceptors (Lipinski definition) is 2. The number of nitrogens with two attached hydrogens (primary N) is 1. The summed E-state index contributed by atoms with van der Waals surface area (Å²) in [6.07, 6.45) is 9.50. The molecule has 0 spiro atoms. The molecule has 2 N–H and O–H groups in total. The first-order valence-electron chi connectivity index (χ1n) is 5.15. The zero-order valence-electron chi connectivity index (χ0n) is 8.58. The first kappa shape index (κ1) is 10.8. The lowest BCUT2D eigenvalue weighted by Gasteiger charge is -2.03. The first-order chi connectivity index (χ1) is 6.84. The normalized spacial score (nSPS) is 10.0. The molecule has 0 saturated carbocycles. The Balaban J connectivity index is 2.24. The number of allylic oxidation sites excluding steroid dienone is 1. The highest BCUT2D eigenvalue weighted by Gasteiger charge is 1.97. The van der Waals surface area contributed by atoms with Gasteiger partial charge in [-0.15, -0.1) is 6.58 Å². The van der Waals surface area contributed by atoms with Crippen LogP contribution in [0.3, 0.4) is 0 Å². The van der Waals surface area contributed by atoms with Crippen molar-refractivity contribution >= 4 is 5.82 Å². The van der Waals surface area contributed by atoms with Gasteiger partial charge in [-0.3, -0.25) is 0 Å². The van der Waals surface area contributed by atoms with Crippen molar-refractivity contribution in [1.82, 2.24) is 4.98 Å². The van der Waals surface area contributed by atoms with Gasteiger partial charge in [0.15, 0.2) is 0 Å². The summed E-state index contributed by atoms with van der Waals surface area (Å²) in [5.41, 5.74) is 6.91. The second-order valence-corrected chi connectivity index (χ2v) is 3.44. The van der Waals surface area contributed by atoms with E-state index in [0.717, 1.165) is 12.8 Å². The molecule has 0 bridgehead atoms. The van der Waals surface area contributed by atoms with Gasteiger partial charge in [-0.05, 0) is 37.3 Å². The number of rotatable bonds is 6. The summed E-state index contributed by atoms with van der Waals surface area (Å²) >= 11 is 0. The van der Waals surface area contributed by atoms with Crippen molar-refractivity contribution in [3.8, 4) is 0 Å². The van der Waals surface area contributed by atoms with Gasteiger partial charge in [-0.2, -0.15) is 0 Å². The SMILES string of the molecule is C=CCCCCCc1cccnc1N. The van der Waals surface area contributed by atoms with Crippen molar-refractivity contribution in [2.75, 3.05) is 5.73 Å². The highest BCUT2D eigenvalue weighted by Crippen LogP contribution is 2.12. The fourth-order valence-corrected chi connectivity index (χ4v) is 1.44. The fourth-order valence-electron chi connectivity index (χ4n) is 1.44. The predicted molar refractivity (Wildman–Crippen MR) is 61.0 cm³/mol. The van der Waals surface area contributed by atoms with Crippen molar-refractivity contribution in [2.45, 2.75) is 32.1 Å². The quantitative estimate of drug-likeness (QED) is 0.553. The van der Waals surface area contributed by atoms with E-state index in [9.17, 15) is 0 Å². The molecule has 1 rings (SSSR count). The van der Waals surface area contributed by atoms with Gasteiger partial charge in [0, 0.05) is 6.20 Å². The van der Waals surface area contributed by atoms with Crippen LogP contribution < -0.4 is 5.73 Å². The lowest BCUT2D eigenvalue weighted by Crippen LogP contribution is -1.96. The van der Waals surface area contributed by atoms with E-state index in [-0.39, 0.29) is 0 Å². The van der Waals surface area contributed by atoms with E-state index in [1.165, 1.54) is 24.8 Å². The van der Waals surface area contributed by atoms with Gasteiger partial charge >= 0.3 is 0 Å². The van der Waals surface area contributed by atoms with Crippen molar-refractivity contribution < 1.29 is 0 Å². The number of unbranched alkanes of at least 4 members (excludes halogenated alkanes) is 3. The average Bonchev–Trinajstić information content (AvgIpc) is 2.20. The van der Waals surface area contributed by atoms with Crippen molar-refractivity contribution in [2.24, 2.45) is 0 Å². The van der Waals surface area contributed by atoms with E-state index in [2.05, 4.69) is 17.6 Å². The van der Waals surface area contributed by atoms with Crippen LogP contribution >= 0.6 is 0 Å². The molecule has 0 fully saturated rings. The monoisotopic (exact) mass is 190 g/mol. The number of aromatic nitrogens is 1. The average molecular weight is 190 g/mol. The zero-order valence-corrected chi connectivity index (χ0v) is 8.58. The third-order valence-electron chi connectivity index (χ3n) is 2.28. The number of aryl methyl sites for hydroxylation is 1. The Kier molecular flexibility index (Phi) is 4.76. The largest absolute Gasteiger partial charge is 0.383 e. The minimum absolute atomic E-state index is 0.677. The van der Waals surface area contributed by atoms with Gasteiger partial charge in [0.05, 0.1) is 0 Å². The Labute approximate surface area is 85.9 Å². The maximum atomic E-state index is 5.73. The second kappa shape index (κ2) is 6.19. The van der Waals surface area contributed by atoms with Gasteiger partial charge in [-0.1, -0.05) is 18.6 Å². The molecule has 0 amide bonds. The molecule has 1 aromatic heterocycles. The van der Waals surface area contributed by atoms with E-state index < -0.39 is 0 Å². The van der Waals surface area contributed by atoms with Crippen LogP contribution in [-0.4, -0.2) is 4.98 Å². The lowest BCUT2D eigenvalue weighted by molar-refractivity contribution is 0.687. The molecule has 0 radical (unpaired) electrons. The summed E-state index contributed by atoms with van der Waals surface area (Å²) in [5.74, 6) is 0.677. The van der Waals surface area contributed by atoms with Gasteiger partial charge < -0.3 is 5.73 Å². The molecular weight excluding hydrogens is 172 g/mol. The summed E-state index contributed by atoms with van der Waals surface area (Å²) < 4.78 is 0. The Hall–Kier alpha value is -1.31. The van der Waals surface area contributed by atoms with E-state index in [1.54, 1.807) is 6.20 Å². The topological polar surface area (TPSA) is 38.9 Å². The Morgan fingerprint density at radius 2 is 2.21 bits per heavy atom. The molecule has 0 aliphatic heterocycles. The Bertz CT molecular complexity index is 281. The van der Waals surface area contributed by atoms with Gasteiger partial charge in [-0.25, -0.2) is 4.98 Å². The molecule has 1 aromatic rings. The van der Waals surface area contributed by atoms with Crippen molar-refractivity contribution in [1.29, 1.82) is 0 Å². The molecule has 0 aliphatic carbocycles. The second-order valence-electron chi connectivity index (χ2n) is 3.44. The maximum absolute atomic E-state index is 5.73. The van der Waals surface area contributed by atoms with E-state index in [1.807, 2.05) is 12.1 Å². The number of anilines is 1. The van der Waals surface area contributed by atoms with Crippen LogP contribution in [0.2, 0.25) is 0 Å². The highest BCUT2D eigenvalue weighted by atomic mass is 14.8. The molecule has 0 aromatic carbocycles. The van der Waals surface area contributed by atoms with Crippen LogP contribution in [0.5, 0.6) is 0 Å². The minimum atomic E-state index is 0.677. The van der Waals surface area contributed by atoms with Crippen molar-refractivity contribution in [3.63, 3.8) is 0 Å². The Morgan fingerprint density at radius 1 is 1.36 bits per heavy atom. The van der Waals surface area contributed by atoms with Crippen LogP contribution in [0.25, 0.3) is 0 Å². The molecule has 1 heterocycles. The van der Waals surface area contributed by atoms with E-state index >= 15 is 0 Å². The van der Waals surface area contributed by atoms with Crippen LogP contribution in [0.4, 0.5) is 5.82 Å². The minimum Gasteiger partial charge on any atom is -0.383 e. The van der Waals surface area contributed by atoms with Gasteiger partial charge in [0.25, 0.3) is 0 Å². The van der Waals surface area contributed by atoms with Gasteiger partial charge in [0.2, 0.25) is 0 Å². The molecule has 0 saturated heterocycles. The predicted octanol–water partition coefficient (Wildman–Crippen LogP) is 2.95. The summed E-state index contributed by atoms with van der Waals surface area (Å²) in [7, 11) is 0. The molecule has 0 atom stereocenters. The molecule has 14 heavy (non-hydrogen) atoms. The number of nitrogen functional groups attached to an aromatic ring is 1. The fraction of sp³-hybridized carbons (Fsp3) is 0.417. The number of hydrogen-bond donors (Lipinski definition) is 1.